The first-order valence-electron chi connectivity index (χ1n) is 1.46. The van der Waals surface area contributed by atoms with E-state index in [0.717, 1.165) is 6.29 Å². The van der Waals surface area contributed by atoms with Crippen LogP contribution in [0.1, 0.15) is 0 Å². The molecule has 0 aliphatic rings. The summed E-state index contributed by atoms with van der Waals surface area (Å²) < 4.78 is 3.46. The van der Waals surface area contributed by atoms with E-state index in [1.165, 1.54) is 0 Å². The van der Waals surface area contributed by atoms with Crippen LogP contribution in [0.5, 0.6) is 0 Å². The molecular formula is C3ClO4. The predicted molar refractivity (Wildman–Crippen MR) is 23.0 cm³/mol. The van der Waals surface area contributed by atoms with Crippen LogP contribution in [-0.4, -0.2) is 17.7 Å². The number of carbonyl (C=O) groups is 2. The Hall–Kier alpha value is -0.900. The molecular weight excluding hydrogens is 135 g/mol. The van der Waals surface area contributed by atoms with Gasteiger partial charge in [-0.25, -0.2) is 9.59 Å². The zero-order chi connectivity index (χ0) is 6.57. The average Bonchev–Trinajstić information content (AvgIpc) is 1.65. The second kappa shape index (κ2) is 3.15. The lowest BCUT2D eigenvalue weighted by molar-refractivity contribution is -0.129. The Morgan fingerprint density at radius 2 is 2.00 bits per heavy atom. The molecule has 0 spiro atoms. The molecule has 0 amide bonds. The van der Waals surface area contributed by atoms with Crippen molar-refractivity contribution >= 4 is 29.3 Å². The Morgan fingerprint density at radius 3 is 2.12 bits per heavy atom. The van der Waals surface area contributed by atoms with E-state index in [2.05, 4.69) is 16.3 Å². The van der Waals surface area contributed by atoms with E-state index in [9.17, 15) is 14.4 Å². The molecule has 0 saturated heterocycles. The maximum atomic E-state index is 9.67. The molecule has 0 saturated carbocycles. The van der Waals surface area contributed by atoms with Gasteiger partial charge in [-0.1, -0.05) is 0 Å². The fourth-order valence-electron chi connectivity index (χ4n) is 0.0937. The topological polar surface area (TPSA) is 60.4 Å². The van der Waals surface area contributed by atoms with Gasteiger partial charge in [0.2, 0.25) is 0 Å². The van der Waals surface area contributed by atoms with Crippen LogP contribution in [-0.2, 0) is 14.3 Å². The van der Waals surface area contributed by atoms with Crippen LogP contribution in [0, 0.1) is 0 Å². The van der Waals surface area contributed by atoms with Crippen molar-refractivity contribution in [2.24, 2.45) is 0 Å². The minimum absolute atomic E-state index is 0.780. The number of hydrogen-bond donors (Lipinski definition) is 0. The first kappa shape index (κ1) is 7.10. The molecule has 0 aromatic rings. The summed E-state index contributed by atoms with van der Waals surface area (Å²) >= 11 is 4.49. The van der Waals surface area contributed by atoms with Gasteiger partial charge in [-0.3, -0.25) is 4.79 Å². The number of halogens is 1. The van der Waals surface area contributed by atoms with Gasteiger partial charge in [-0.15, -0.1) is 0 Å². The summed E-state index contributed by atoms with van der Waals surface area (Å²) in [5.41, 5.74) is -1.33. The molecule has 1 radical (unpaired) electrons. The molecule has 0 rings (SSSR count). The zero-order valence-electron chi connectivity index (χ0n) is 3.51. The van der Waals surface area contributed by atoms with Crippen molar-refractivity contribution < 1.29 is 19.1 Å². The first-order chi connectivity index (χ1) is 3.66. The third kappa shape index (κ3) is 3.30. The zero-order valence-corrected chi connectivity index (χ0v) is 4.27. The van der Waals surface area contributed by atoms with Crippen molar-refractivity contribution in [1.82, 2.24) is 0 Å². The van der Waals surface area contributed by atoms with E-state index >= 15 is 0 Å². The van der Waals surface area contributed by atoms with Gasteiger partial charge in [0.15, 0.2) is 0 Å². The number of esters is 1. The van der Waals surface area contributed by atoms with Crippen molar-refractivity contribution in [2.45, 2.75) is 0 Å². The summed E-state index contributed by atoms with van der Waals surface area (Å²) in [6.45, 7) is 0. The van der Waals surface area contributed by atoms with Crippen molar-refractivity contribution in [3.63, 3.8) is 0 Å². The summed E-state index contributed by atoms with van der Waals surface area (Å²) in [5.74, 6) is -1.41. The fraction of sp³-hybridized carbons (Fsp3) is 0. The summed E-state index contributed by atoms with van der Waals surface area (Å²) in [5, 5.41) is 0. The van der Waals surface area contributed by atoms with E-state index in [-0.39, 0.29) is 0 Å². The molecule has 0 unspecified atom stereocenters. The number of hydrogen-bond acceptors (Lipinski definition) is 4. The summed E-state index contributed by atoms with van der Waals surface area (Å²) in [4.78, 5) is 28.5. The third-order valence-corrected chi connectivity index (χ3v) is 0.333. The minimum atomic E-state index is -1.41. The molecule has 0 heterocycles. The number of rotatable bonds is 1. The molecule has 0 bridgehead atoms. The van der Waals surface area contributed by atoms with E-state index in [0.29, 0.717) is 0 Å². The van der Waals surface area contributed by atoms with Crippen LogP contribution in [0.2, 0.25) is 0 Å². The highest BCUT2D eigenvalue weighted by molar-refractivity contribution is 6.62. The van der Waals surface area contributed by atoms with E-state index < -0.39 is 11.4 Å². The van der Waals surface area contributed by atoms with E-state index in [4.69, 9.17) is 0 Å². The normalized spacial score (nSPS) is 7.62. The van der Waals surface area contributed by atoms with Gasteiger partial charge in [0.1, 0.15) is 0 Å². The Balaban J connectivity index is 3.55. The van der Waals surface area contributed by atoms with Gasteiger partial charge >= 0.3 is 17.7 Å². The lowest BCUT2D eigenvalue weighted by Crippen LogP contribution is -2.06. The monoisotopic (exact) mass is 135 g/mol. The summed E-state index contributed by atoms with van der Waals surface area (Å²) in [6, 6.07) is 0. The Labute approximate surface area is 49.4 Å². The van der Waals surface area contributed by atoms with Crippen molar-refractivity contribution in [1.29, 1.82) is 0 Å². The van der Waals surface area contributed by atoms with Gasteiger partial charge in [0.25, 0.3) is 0 Å². The SMILES string of the molecule is O=[C]C(=O)OC(=O)Cl. The van der Waals surface area contributed by atoms with Crippen LogP contribution in [0.15, 0.2) is 0 Å². The highest BCUT2D eigenvalue weighted by Gasteiger charge is 2.04. The maximum Gasteiger partial charge on any atom is 0.411 e. The van der Waals surface area contributed by atoms with Crippen LogP contribution in [0.3, 0.4) is 0 Å². The van der Waals surface area contributed by atoms with Crippen LogP contribution >= 0.6 is 11.6 Å². The largest absolute Gasteiger partial charge is 0.411 e. The quantitative estimate of drug-likeness (QED) is 0.220. The lowest BCUT2D eigenvalue weighted by Gasteiger charge is -1.83. The molecule has 0 atom stereocenters. The third-order valence-electron chi connectivity index (χ3n) is 0.256. The lowest BCUT2D eigenvalue weighted by atomic mass is 10.8. The molecule has 0 N–H and O–H groups in total. The standard InChI is InChI=1S/C3ClO4/c4-3(7)8-2(6)1-5. The van der Waals surface area contributed by atoms with Gasteiger partial charge in [-0.05, 0) is 0 Å². The van der Waals surface area contributed by atoms with Gasteiger partial charge < -0.3 is 4.74 Å². The molecule has 0 aliphatic heterocycles. The second-order valence-electron chi connectivity index (χ2n) is 0.729. The molecule has 0 aliphatic carbocycles. The van der Waals surface area contributed by atoms with Gasteiger partial charge in [0.05, 0.1) is 0 Å². The maximum absolute atomic E-state index is 9.67. The molecule has 0 aromatic heterocycles. The first-order valence-corrected chi connectivity index (χ1v) is 1.84. The van der Waals surface area contributed by atoms with Crippen molar-refractivity contribution in [3.05, 3.63) is 0 Å². The van der Waals surface area contributed by atoms with Crippen LogP contribution in [0.4, 0.5) is 4.79 Å². The Bertz CT molecular complexity index is 129. The van der Waals surface area contributed by atoms with Crippen LogP contribution in [0.25, 0.3) is 0 Å². The average molecular weight is 135 g/mol. The van der Waals surface area contributed by atoms with Crippen molar-refractivity contribution in [3.8, 4) is 0 Å². The summed E-state index contributed by atoms with van der Waals surface area (Å²) in [7, 11) is 0. The Morgan fingerprint density at radius 1 is 1.50 bits per heavy atom. The number of ether oxygens (including phenoxy) is 1. The molecule has 5 heteroatoms. The van der Waals surface area contributed by atoms with Crippen LogP contribution < -0.4 is 0 Å². The number of carbonyl (C=O) groups excluding carboxylic acids is 3. The smallest absolute Gasteiger partial charge is 0.374 e. The van der Waals surface area contributed by atoms with Gasteiger partial charge in [-0.2, -0.15) is 0 Å². The van der Waals surface area contributed by atoms with E-state index in [1.807, 2.05) is 0 Å². The molecule has 43 valence electrons. The Kier molecular flexibility index (Phi) is 2.79. The fourth-order valence-corrected chi connectivity index (χ4v) is 0.164. The highest BCUT2D eigenvalue weighted by atomic mass is 35.5. The molecule has 0 aromatic carbocycles. The van der Waals surface area contributed by atoms with E-state index in [1.54, 1.807) is 0 Å². The van der Waals surface area contributed by atoms with Crippen molar-refractivity contribution in [2.75, 3.05) is 0 Å². The molecule has 0 fully saturated rings. The molecule has 4 nitrogen and oxygen atoms in total. The van der Waals surface area contributed by atoms with Gasteiger partial charge in [0, 0.05) is 11.6 Å². The highest BCUT2D eigenvalue weighted by Crippen LogP contribution is 1.84. The predicted octanol–water partition coefficient (Wildman–Crippen LogP) is -0.00190. The second-order valence-corrected chi connectivity index (χ2v) is 1.04. The molecule has 8 heavy (non-hydrogen) atoms. The minimum Gasteiger partial charge on any atom is -0.374 e. The summed E-state index contributed by atoms with van der Waals surface area (Å²) in [6.07, 6.45) is 0.780.